The SMILES string of the molecule is COC(=O)N1CCc2c3n(c4ccccc24)[C@@H](OC)C[C@H]([C@H](CC[Se](=O)c2ccccc2[N+](=O)[O-])COC(=O)c2ccccc2)C[C@@H]31. The molecular weight excluding hydrogens is 669 g/mol. The van der Waals surface area contributed by atoms with Crippen LogP contribution >= 0.6 is 0 Å². The molecule has 6 rings (SSSR count). The van der Waals surface area contributed by atoms with Crippen molar-refractivity contribution in [2.45, 2.75) is 43.3 Å². The third-order valence-corrected chi connectivity index (χ3v) is 12.5. The van der Waals surface area contributed by atoms with Crippen LogP contribution in [0.2, 0.25) is 5.32 Å². The number of esters is 1. The quantitative estimate of drug-likeness (QED) is 0.0855. The van der Waals surface area contributed by atoms with Crippen molar-refractivity contribution in [2.24, 2.45) is 11.8 Å². The van der Waals surface area contributed by atoms with Crippen LogP contribution in [0.15, 0.2) is 78.9 Å². The van der Waals surface area contributed by atoms with E-state index in [1.807, 2.05) is 18.2 Å². The van der Waals surface area contributed by atoms with Crippen molar-refractivity contribution in [3.05, 3.63) is 106 Å². The molecule has 246 valence electrons. The second-order valence-corrected chi connectivity index (χ2v) is 15.1. The van der Waals surface area contributed by atoms with Crippen molar-refractivity contribution < 1.29 is 32.6 Å². The number of ether oxygens (including phenoxy) is 3. The summed E-state index contributed by atoms with van der Waals surface area (Å²) in [6.45, 7) is 0.543. The number of benzene rings is 3. The molecule has 0 fully saturated rings. The average molecular weight is 707 g/mol. The summed E-state index contributed by atoms with van der Waals surface area (Å²) in [5.74, 6) is -0.867. The van der Waals surface area contributed by atoms with E-state index < -0.39 is 30.8 Å². The van der Waals surface area contributed by atoms with Crippen LogP contribution in [0.4, 0.5) is 10.5 Å². The van der Waals surface area contributed by atoms with Gasteiger partial charge in [0, 0.05) is 0 Å². The van der Waals surface area contributed by atoms with Gasteiger partial charge in [-0.15, -0.1) is 0 Å². The van der Waals surface area contributed by atoms with E-state index >= 15 is 0 Å². The van der Waals surface area contributed by atoms with Crippen molar-refractivity contribution in [3.63, 3.8) is 0 Å². The number of hydrogen-bond donors (Lipinski definition) is 0. The maximum absolute atomic E-state index is 13.6. The van der Waals surface area contributed by atoms with Gasteiger partial charge >= 0.3 is 277 Å². The van der Waals surface area contributed by atoms with Gasteiger partial charge in [-0.3, -0.25) is 0 Å². The number of carbonyl (C=O) groups excluding carboxylic acids is 2. The van der Waals surface area contributed by atoms with E-state index in [-0.39, 0.29) is 46.2 Å². The van der Waals surface area contributed by atoms with Crippen molar-refractivity contribution in [1.82, 2.24) is 9.47 Å². The predicted molar refractivity (Wildman–Crippen MR) is 175 cm³/mol. The van der Waals surface area contributed by atoms with Gasteiger partial charge in [0.25, 0.3) is 0 Å². The molecule has 0 spiro atoms. The Morgan fingerprint density at radius 2 is 1.72 bits per heavy atom. The van der Waals surface area contributed by atoms with Crippen molar-refractivity contribution in [3.8, 4) is 0 Å². The molecule has 47 heavy (non-hydrogen) atoms. The molecule has 0 saturated carbocycles. The number of nitro benzene ring substituents is 1. The number of hydrogen-bond acceptors (Lipinski definition) is 8. The molecule has 5 atom stereocenters. The second kappa shape index (κ2) is 14.2. The van der Waals surface area contributed by atoms with E-state index in [2.05, 4.69) is 16.7 Å². The molecule has 0 N–H and O–H groups in total. The number of amides is 1. The topological polar surface area (TPSA) is 130 Å². The number of methoxy groups -OCH3 is 2. The van der Waals surface area contributed by atoms with Crippen LogP contribution in [-0.2, 0) is 24.5 Å². The van der Waals surface area contributed by atoms with Crippen molar-refractivity contribution >= 4 is 46.9 Å². The second-order valence-electron chi connectivity index (χ2n) is 11.9. The van der Waals surface area contributed by atoms with Crippen LogP contribution in [0.5, 0.6) is 0 Å². The molecule has 2 aliphatic heterocycles. The molecule has 3 aromatic carbocycles. The number of para-hydroxylation sites is 2. The van der Waals surface area contributed by atoms with Crippen molar-refractivity contribution in [1.29, 1.82) is 0 Å². The van der Waals surface area contributed by atoms with Crippen LogP contribution in [0.3, 0.4) is 0 Å². The summed E-state index contributed by atoms with van der Waals surface area (Å²) in [7, 11) is 3.05. The van der Waals surface area contributed by atoms with Gasteiger partial charge in [0.05, 0.1) is 0 Å². The molecule has 1 amide bonds. The molecule has 3 heterocycles. The molecule has 0 radical (unpaired) electrons. The van der Waals surface area contributed by atoms with Crippen LogP contribution in [0.25, 0.3) is 10.9 Å². The van der Waals surface area contributed by atoms with Crippen LogP contribution < -0.4 is 4.46 Å². The van der Waals surface area contributed by atoms with Gasteiger partial charge in [-0.25, -0.2) is 0 Å². The Kier molecular flexibility index (Phi) is 9.81. The molecule has 11 nitrogen and oxygen atoms in total. The van der Waals surface area contributed by atoms with Gasteiger partial charge in [-0.05, 0) is 0 Å². The summed E-state index contributed by atoms with van der Waals surface area (Å²) in [6.07, 6.45) is 1.37. The van der Waals surface area contributed by atoms with Crippen molar-refractivity contribution in [2.75, 3.05) is 27.4 Å². The number of carbonyl (C=O) groups is 2. The minimum atomic E-state index is -2.83. The summed E-state index contributed by atoms with van der Waals surface area (Å²) in [4.78, 5) is 39.2. The van der Waals surface area contributed by atoms with Gasteiger partial charge in [0.1, 0.15) is 0 Å². The zero-order valence-electron chi connectivity index (χ0n) is 26.3. The first-order chi connectivity index (χ1) is 22.8. The van der Waals surface area contributed by atoms with Crippen LogP contribution in [-0.4, -0.2) is 67.7 Å². The van der Waals surface area contributed by atoms with E-state index in [1.54, 1.807) is 54.5 Å². The standard InChI is InChI=1S/C35H37N3O8Se/c1-44-32-21-25(20-30-33-27(16-18-36(30)35(40)45-2)26-12-6-7-13-28(26)37(32)33)24(22-46-34(39)23-10-4-3-5-11-23)17-19-47(43)31-15-9-8-14-29(31)38(41)42/h3-15,24-25,30,32H,16-22H2,1-2H3/t24-,25-,30+,32+,47?/m1/s1. The number of rotatable bonds is 10. The van der Waals surface area contributed by atoms with Crippen LogP contribution in [0, 0.1) is 22.0 Å². The molecule has 1 aromatic heterocycles. The summed E-state index contributed by atoms with van der Waals surface area (Å²) >= 11 is -2.83. The average Bonchev–Trinajstić information content (AvgIpc) is 3.33. The first-order valence-electron chi connectivity index (χ1n) is 15.6. The monoisotopic (exact) mass is 707 g/mol. The van der Waals surface area contributed by atoms with Gasteiger partial charge in [-0.2, -0.15) is 0 Å². The van der Waals surface area contributed by atoms with Gasteiger partial charge < -0.3 is 0 Å². The molecule has 0 saturated heterocycles. The first-order valence-corrected chi connectivity index (χ1v) is 18.4. The number of nitro groups is 1. The Morgan fingerprint density at radius 1 is 1.00 bits per heavy atom. The Balaban J connectivity index is 1.36. The van der Waals surface area contributed by atoms with E-state index in [0.29, 0.717) is 37.8 Å². The van der Waals surface area contributed by atoms with E-state index in [1.165, 1.54) is 18.7 Å². The third kappa shape index (κ3) is 6.45. The van der Waals surface area contributed by atoms with Gasteiger partial charge in [0.15, 0.2) is 0 Å². The Morgan fingerprint density at radius 3 is 2.47 bits per heavy atom. The molecule has 1 unspecified atom stereocenters. The molecular formula is C35H37N3O8Se. The summed E-state index contributed by atoms with van der Waals surface area (Å²) < 4.78 is 33.4. The maximum atomic E-state index is 13.6. The first kappa shape index (κ1) is 32.6. The Hall–Kier alpha value is -4.38. The number of fused-ring (bicyclic) bond motifs is 3. The summed E-state index contributed by atoms with van der Waals surface area (Å²) in [6, 6.07) is 22.7. The van der Waals surface area contributed by atoms with E-state index in [4.69, 9.17) is 14.2 Å². The summed E-state index contributed by atoms with van der Waals surface area (Å²) in [5.41, 5.74) is 3.50. The normalized spacial score (nSPS) is 20.1. The van der Waals surface area contributed by atoms with Gasteiger partial charge in [-0.1, -0.05) is 0 Å². The van der Waals surface area contributed by atoms with Gasteiger partial charge in [0.2, 0.25) is 0 Å². The molecule has 0 aliphatic carbocycles. The zero-order valence-corrected chi connectivity index (χ0v) is 28.0. The fourth-order valence-corrected chi connectivity index (χ4v) is 10.0. The fraction of sp³-hybridized carbons (Fsp3) is 0.371. The molecule has 12 heteroatoms. The number of aromatic nitrogens is 1. The predicted octanol–water partition coefficient (Wildman–Crippen LogP) is 5.96. The van der Waals surface area contributed by atoms with Crippen LogP contribution in [0.1, 0.15) is 53.1 Å². The molecule has 4 aromatic rings. The fourth-order valence-electron chi connectivity index (χ4n) is 7.20. The molecule has 2 aliphatic rings. The minimum absolute atomic E-state index is 0.0536. The third-order valence-electron chi connectivity index (χ3n) is 9.44. The summed E-state index contributed by atoms with van der Waals surface area (Å²) in [5, 5.41) is 13.0. The Labute approximate surface area is 276 Å². The molecule has 0 bridgehead atoms. The Bertz CT molecular complexity index is 1810. The van der Waals surface area contributed by atoms with E-state index in [0.717, 1.165) is 16.6 Å². The van der Waals surface area contributed by atoms with E-state index in [9.17, 15) is 23.5 Å². The number of nitrogens with zero attached hydrogens (tertiary/aromatic N) is 3. The zero-order chi connectivity index (χ0) is 33.1.